The molecule has 0 bridgehead atoms. The summed E-state index contributed by atoms with van der Waals surface area (Å²) in [4.78, 5) is 16.0. The molecule has 8 heteroatoms. The summed E-state index contributed by atoms with van der Waals surface area (Å²) >= 11 is 11.4. The Balaban J connectivity index is 1.67. The van der Waals surface area contributed by atoms with Crippen LogP contribution in [0.4, 0.5) is 4.39 Å². The molecule has 0 aliphatic heterocycles. The average molecular weight is 367 g/mol. The molecule has 0 saturated heterocycles. The van der Waals surface area contributed by atoms with Crippen LogP contribution in [0.1, 0.15) is 16.2 Å². The number of hydrogen-bond donors (Lipinski definition) is 0. The Hall–Kier alpha value is -2.44. The van der Waals surface area contributed by atoms with Crippen molar-refractivity contribution in [1.82, 2.24) is 10.1 Å². The summed E-state index contributed by atoms with van der Waals surface area (Å²) in [5.74, 6) is -1.20. The zero-order chi connectivity index (χ0) is 17.1. The number of aromatic nitrogens is 2. The molecule has 0 aliphatic rings. The third-order valence-corrected chi connectivity index (χ3v) is 3.54. The molecular weight excluding hydrogens is 358 g/mol. The maximum absolute atomic E-state index is 13.6. The molecule has 3 rings (SSSR count). The molecule has 0 aliphatic carbocycles. The van der Waals surface area contributed by atoms with Gasteiger partial charge in [0.25, 0.3) is 5.89 Å². The fourth-order valence-corrected chi connectivity index (χ4v) is 2.17. The van der Waals surface area contributed by atoms with Gasteiger partial charge in [0, 0.05) is 15.6 Å². The maximum Gasteiger partial charge on any atom is 0.341 e. The standard InChI is InChI=1S/C16H9Cl2FN2O3/c17-10-3-1-9(2-4-10)15-20-14(24-21-15)8-23-16(22)12-6-5-11(18)7-13(12)19/h1-7H,8H2. The third kappa shape index (κ3) is 3.72. The van der Waals surface area contributed by atoms with Crippen molar-refractivity contribution in [3.8, 4) is 11.4 Å². The quantitative estimate of drug-likeness (QED) is 0.634. The van der Waals surface area contributed by atoms with Gasteiger partial charge in [0.15, 0.2) is 6.61 Å². The Morgan fingerprint density at radius 3 is 2.54 bits per heavy atom. The van der Waals surface area contributed by atoms with Crippen LogP contribution in [0.5, 0.6) is 0 Å². The van der Waals surface area contributed by atoms with Crippen LogP contribution in [-0.2, 0) is 11.3 Å². The minimum Gasteiger partial charge on any atom is -0.452 e. The van der Waals surface area contributed by atoms with Gasteiger partial charge in [-0.25, -0.2) is 9.18 Å². The van der Waals surface area contributed by atoms with Gasteiger partial charge in [-0.2, -0.15) is 4.98 Å². The highest BCUT2D eigenvalue weighted by Crippen LogP contribution is 2.19. The van der Waals surface area contributed by atoms with E-state index in [1.807, 2.05) is 0 Å². The van der Waals surface area contributed by atoms with Gasteiger partial charge in [-0.1, -0.05) is 28.4 Å². The van der Waals surface area contributed by atoms with E-state index in [-0.39, 0.29) is 23.1 Å². The molecule has 1 aromatic heterocycles. The second-order valence-corrected chi connectivity index (χ2v) is 5.59. The summed E-state index contributed by atoms with van der Waals surface area (Å²) in [6.45, 7) is -0.276. The number of esters is 1. The second kappa shape index (κ2) is 6.98. The first-order valence-electron chi connectivity index (χ1n) is 6.73. The Bertz CT molecular complexity index is 881. The van der Waals surface area contributed by atoms with Crippen molar-refractivity contribution in [3.05, 3.63) is 69.8 Å². The minimum absolute atomic E-state index is 0.0858. The van der Waals surface area contributed by atoms with E-state index in [0.29, 0.717) is 16.4 Å². The summed E-state index contributed by atoms with van der Waals surface area (Å²) in [6, 6.07) is 10.5. The highest BCUT2D eigenvalue weighted by atomic mass is 35.5. The summed E-state index contributed by atoms with van der Waals surface area (Å²) in [5, 5.41) is 4.56. The molecule has 0 fully saturated rings. The van der Waals surface area contributed by atoms with Crippen molar-refractivity contribution in [2.24, 2.45) is 0 Å². The van der Waals surface area contributed by atoms with Crippen LogP contribution in [0, 0.1) is 5.82 Å². The van der Waals surface area contributed by atoms with E-state index in [2.05, 4.69) is 10.1 Å². The van der Waals surface area contributed by atoms with E-state index in [9.17, 15) is 9.18 Å². The van der Waals surface area contributed by atoms with E-state index >= 15 is 0 Å². The molecule has 24 heavy (non-hydrogen) atoms. The van der Waals surface area contributed by atoms with Crippen molar-refractivity contribution >= 4 is 29.2 Å². The average Bonchev–Trinajstić information content (AvgIpc) is 3.02. The molecule has 1 heterocycles. The van der Waals surface area contributed by atoms with Gasteiger partial charge in [0.2, 0.25) is 5.82 Å². The number of hydrogen-bond acceptors (Lipinski definition) is 5. The number of rotatable bonds is 4. The molecule has 0 amide bonds. The van der Waals surface area contributed by atoms with Gasteiger partial charge in [0.05, 0.1) is 5.56 Å². The lowest BCUT2D eigenvalue weighted by Gasteiger charge is -2.03. The van der Waals surface area contributed by atoms with Gasteiger partial charge in [-0.3, -0.25) is 0 Å². The molecule has 0 radical (unpaired) electrons. The monoisotopic (exact) mass is 366 g/mol. The van der Waals surface area contributed by atoms with E-state index in [0.717, 1.165) is 6.07 Å². The first-order chi connectivity index (χ1) is 11.5. The smallest absolute Gasteiger partial charge is 0.341 e. The van der Waals surface area contributed by atoms with Crippen molar-refractivity contribution in [2.45, 2.75) is 6.61 Å². The van der Waals surface area contributed by atoms with Crippen molar-refractivity contribution in [3.63, 3.8) is 0 Å². The molecule has 3 aromatic rings. The molecule has 0 N–H and O–H groups in total. The molecule has 2 aromatic carbocycles. The van der Waals surface area contributed by atoms with E-state index in [1.54, 1.807) is 24.3 Å². The predicted molar refractivity (Wildman–Crippen MR) is 85.3 cm³/mol. The summed E-state index contributed by atoms with van der Waals surface area (Å²) in [5.41, 5.74) is 0.473. The van der Waals surface area contributed by atoms with Gasteiger partial charge < -0.3 is 9.26 Å². The maximum atomic E-state index is 13.6. The third-order valence-electron chi connectivity index (χ3n) is 3.05. The largest absolute Gasteiger partial charge is 0.452 e. The summed E-state index contributed by atoms with van der Waals surface area (Å²) in [7, 11) is 0. The first-order valence-corrected chi connectivity index (χ1v) is 7.49. The fourth-order valence-electron chi connectivity index (χ4n) is 1.89. The lowest BCUT2D eigenvalue weighted by molar-refractivity contribution is 0.0424. The zero-order valence-corrected chi connectivity index (χ0v) is 13.5. The molecular formula is C16H9Cl2FN2O3. The number of halogens is 3. The van der Waals surface area contributed by atoms with E-state index < -0.39 is 11.8 Å². The second-order valence-electron chi connectivity index (χ2n) is 4.72. The normalized spacial score (nSPS) is 10.6. The van der Waals surface area contributed by atoms with Crippen LogP contribution in [0.3, 0.4) is 0 Å². The number of nitrogens with zero attached hydrogens (tertiary/aromatic N) is 2. The molecule has 0 saturated carbocycles. The van der Waals surface area contributed by atoms with Gasteiger partial charge in [0.1, 0.15) is 5.82 Å². The highest BCUT2D eigenvalue weighted by molar-refractivity contribution is 6.30. The summed E-state index contributed by atoms with van der Waals surface area (Å²) in [6.07, 6.45) is 0. The van der Waals surface area contributed by atoms with Crippen molar-refractivity contribution in [2.75, 3.05) is 0 Å². The predicted octanol–water partition coefficient (Wildman–Crippen LogP) is 4.54. The Kier molecular flexibility index (Phi) is 4.78. The van der Waals surface area contributed by atoms with Crippen LogP contribution < -0.4 is 0 Å². The lowest BCUT2D eigenvalue weighted by Crippen LogP contribution is -2.07. The number of benzene rings is 2. The Labute approximate surface area is 146 Å². The van der Waals surface area contributed by atoms with E-state index in [1.165, 1.54) is 12.1 Å². The van der Waals surface area contributed by atoms with Gasteiger partial charge in [-0.15, -0.1) is 0 Å². The zero-order valence-electron chi connectivity index (χ0n) is 12.0. The van der Waals surface area contributed by atoms with Gasteiger partial charge in [-0.05, 0) is 42.5 Å². The molecule has 0 atom stereocenters. The Morgan fingerprint density at radius 2 is 1.83 bits per heavy atom. The van der Waals surface area contributed by atoms with Crippen molar-refractivity contribution in [1.29, 1.82) is 0 Å². The minimum atomic E-state index is -0.851. The topological polar surface area (TPSA) is 65.2 Å². The van der Waals surface area contributed by atoms with Gasteiger partial charge >= 0.3 is 5.97 Å². The molecule has 0 spiro atoms. The van der Waals surface area contributed by atoms with Crippen LogP contribution in [0.15, 0.2) is 47.0 Å². The van der Waals surface area contributed by atoms with Crippen LogP contribution in [0.25, 0.3) is 11.4 Å². The van der Waals surface area contributed by atoms with Crippen LogP contribution in [-0.4, -0.2) is 16.1 Å². The molecule has 122 valence electrons. The first kappa shape index (κ1) is 16.4. The van der Waals surface area contributed by atoms with E-state index in [4.69, 9.17) is 32.5 Å². The molecule has 5 nitrogen and oxygen atoms in total. The number of carbonyl (C=O) groups excluding carboxylic acids is 1. The lowest BCUT2D eigenvalue weighted by atomic mass is 10.2. The highest BCUT2D eigenvalue weighted by Gasteiger charge is 2.16. The van der Waals surface area contributed by atoms with Crippen LogP contribution in [0.2, 0.25) is 10.0 Å². The number of ether oxygens (including phenoxy) is 1. The summed E-state index contributed by atoms with van der Waals surface area (Å²) < 4.78 is 23.6. The fraction of sp³-hybridized carbons (Fsp3) is 0.0625. The molecule has 0 unspecified atom stereocenters. The number of carbonyl (C=O) groups is 1. The van der Waals surface area contributed by atoms with Crippen LogP contribution >= 0.6 is 23.2 Å². The SMILES string of the molecule is O=C(OCc1nc(-c2ccc(Cl)cc2)no1)c1ccc(Cl)cc1F. The van der Waals surface area contributed by atoms with Crippen molar-refractivity contribution < 1.29 is 18.4 Å². The Morgan fingerprint density at radius 1 is 1.12 bits per heavy atom.